The molecule has 2 aromatic carbocycles. The normalized spacial score (nSPS) is 13.2. The standard InChI is InChI=1S/C21H21NO3/c1-15-19(22-21(25-15)17-6-3-2-4-7-17)11-13-23-18-10-9-16-8-5-12-24-20(16)14-18/h2-4,6-7,9-10,14H,5,8,11-13H2,1H3. The van der Waals surface area contributed by atoms with Gasteiger partial charge in [0.05, 0.1) is 18.9 Å². The number of ether oxygens (including phenoxy) is 2. The summed E-state index contributed by atoms with van der Waals surface area (Å²) in [6, 6.07) is 16.0. The monoisotopic (exact) mass is 335 g/mol. The van der Waals surface area contributed by atoms with Gasteiger partial charge in [0.2, 0.25) is 5.89 Å². The molecule has 0 amide bonds. The molecule has 0 spiro atoms. The Hall–Kier alpha value is -2.75. The second-order valence-electron chi connectivity index (χ2n) is 6.21. The third-order valence-corrected chi connectivity index (χ3v) is 4.41. The Kier molecular flexibility index (Phi) is 4.42. The summed E-state index contributed by atoms with van der Waals surface area (Å²) in [6.45, 7) is 3.29. The van der Waals surface area contributed by atoms with Gasteiger partial charge < -0.3 is 13.9 Å². The van der Waals surface area contributed by atoms with Gasteiger partial charge in [0.1, 0.15) is 17.3 Å². The summed E-state index contributed by atoms with van der Waals surface area (Å²) in [5.41, 5.74) is 3.19. The highest BCUT2D eigenvalue weighted by Crippen LogP contribution is 2.29. The molecule has 128 valence electrons. The van der Waals surface area contributed by atoms with Crippen molar-refractivity contribution in [3.05, 3.63) is 65.5 Å². The smallest absolute Gasteiger partial charge is 0.226 e. The Balaban J connectivity index is 1.40. The SMILES string of the molecule is Cc1oc(-c2ccccc2)nc1CCOc1ccc2c(c1)OCCC2. The molecule has 0 aliphatic carbocycles. The minimum Gasteiger partial charge on any atom is -0.493 e. The van der Waals surface area contributed by atoms with Gasteiger partial charge in [-0.25, -0.2) is 4.98 Å². The molecule has 4 nitrogen and oxygen atoms in total. The predicted octanol–water partition coefficient (Wildman–Crippen LogP) is 4.60. The van der Waals surface area contributed by atoms with E-state index in [2.05, 4.69) is 11.1 Å². The van der Waals surface area contributed by atoms with Crippen molar-refractivity contribution in [3.8, 4) is 23.0 Å². The van der Waals surface area contributed by atoms with Crippen LogP contribution < -0.4 is 9.47 Å². The first kappa shape index (κ1) is 15.8. The van der Waals surface area contributed by atoms with E-state index >= 15 is 0 Å². The quantitative estimate of drug-likeness (QED) is 0.684. The molecule has 1 aromatic heterocycles. The van der Waals surface area contributed by atoms with Gasteiger partial charge in [-0.1, -0.05) is 24.3 Å². The molecule has 0 N–H and O–H groups in total. The van der Waals surface area contributed by atoms with Gasteiger partial charge in [-0.2, -0.15) is 0 Å². The van der Waals surface area contributed by atoms with E-state index in [-0.39, 0.29) is 0 Å². The lowest BCUT2D eigenvalue weighted by atomic mass is 10.1. The lowest BCUT2D eigenvalue weighted by Crippen LogP contribution is -2.09. The van der Waals surface area contributed by atoms with E-state index in [9.17, 15) is 0 Å². The van der Waals surface area contributed by atoms with Crippen LogP contribution in [0, 0.1) is 6.92 Å². The zero-order valence-electron chi connectivity index (χ0n) is 14.3. The molecule has 0 saturated carbocycles. The van der Waals surface area contributed by atoms with Crippen LogP contribution in [0.4, 0.5) is 0 Å². The number of aromatic nitrogens is 1. The van der Waals surface area contributed by atoms with Crippen molar-refractivity contribution in [2.45, 2.75) is 26.2 Å². The number of oxazole rings is 1. The molecule has 2 heterocycles. The van der Waals surface area contributed by atoms with Crippen LogP contribution in [0.5, 0.6) is 11.5 Å². The molecule has 25 heavy (non-hydrogen) atoms. The van der Waals surface area contributed by atoms with E-state index in [0.717, 1.165) is 48.0 Å². The topological polar surface area (TPSA) is 44.5 Å². The van der Waals surface area contributed by atoms with E-state index in [1.165, 1.54) is 5.56 Å². The van der Waals surface area contributed by atoms with Gasteiger partial charge in [0, 0.05) is 18.1 Å². The number of fused-ring (bicyclic) bond motifs is 1. The predicted molar refractivity (Wildman–Crippen MR) is 96.1 cm³/mol. The van der Waals surface area contributed by atoms with Crippen molar-refractivity contribution in [3.63, 3.8) is 0 Å². The molecule has 4 rings (SSSR count). The summed E-state index contributed by atoms with van der Waals surface area (Å²) in [5, 5.41) is 0. The molecule has 0 atom stereocenters. The van der Waals surface area contributed by atoms with Crippen LogP contribution in [0.25, 0.3) is 11.5 Å². The molecule has 0 fully saturated rings. The van der Waals surface area contributed by atoms with Crippen molar-refractivity contribution in [1.82, 2.24) is 4.98 Å². The molecule has 0 unspecified atom stereocenters. The first-order valence-electron chi connectivity index (χ1n) is 8.70. The lowest BCUT2D eigenvalue weighted by molar-refractivity contribution is 0.281. The zero-order valence-corrected chi connectivity index (χ0v) is 14.3. The van der Waals surface area contributed by atoms with E-state index in [4.69, 9.17) is 13.9 Å². The van der Waals surface area contributed by atoms with Crippen molar-refractivity contribution in [2.24, 2.45) is 0 Å². The molecule has 1 aliphatic rings. The van der Waals surface area contributed by atoms with Crippen LogP contribution in [0.2, 0.25) is 0 Å². The summed E-state index contributed by atoms with van der Waals surface area (Å²) in [7, 11) is 0. The number of hydrogen-bond acceptors (Lipinski definition) is 4. The van der Waals surface area contributed by atoms with Gasteiger partial charge in [0.25, 0.3) is 0 Å². The Labute approximate surface area is 147 Å². The number of aryl methyl sites for hydroxylation is 2. The molecule has 3 aromatic rings. The molecule has 0 bridgehead atoms. The number of benzene rings is 2. The fourth-order valence-corrected chi connectivity index (χ4v) is 3.04. The molecule has 0 radical (unpaired) electrons. The van der Waals surface area contributed by atoms with Crippen LogP contribution >= 0.6 is 0 Å². The van der Waals surface area contributed by atoms with Gasteiger partial charge in [0.15, 0.2) is 0 Å². The van der Waals surface area contributed by atoms with Crippen LogP contribution in [0.1, 0.15) is 23.4 Å². The molecule has 4 heteroatoms. The van der Waals surface area contributed by atoms with Crippen LogP contribution in [-0.2, 0) is 12.8 Å². The Bertz CT molecular complexity index is 855. The summed E-state index contributed by atoms with van der Waals surface area (Å²) in [5.74, 6) is 3.30. The maximum atomic E-state index is 5.88. The fraction of sp³-hybridized carbons (Fsp3) is 0.286. The van der Waals surface area contributed by atoms with E-state index in [1.807, 2.05) is 49.4 Å². The molecular formula is C21H21NO3. The van der Waals surface area contributed by atoms with Gasteiger partial charge in [-0.05, 0) is 43.5 Å². The van der Waals surface area contributed by atoms with Crippen LogP contribution in [0.3, 0.4) is 0 Å². The van der Waals surface area contributed by atoms with E-state index < -0.39 is 0 Å². The molecule has 0 saturated heterocycles. The number of rotatable bonds is 5. The maximum Gasteiger partial charge on any atom is 0.226 e. The first-order chi connectivity index (χ1) is 12.3. The minimum atomic E-state index is 0.556. The Morgan fingerprint density at radius 2 is 2.00 bits per heavy atom. The number of hydrogen-bond donors (Lipinski definition) is 0. The minimum absolute atomic E-state index is 0.556. The van der Waals surface area contributed by atoms with Crippen molar-refractivity contribution in [2.75, 3.05) is 13.2 Å². The highest BCUT2D eigenvalue weighted by Gasteiger charge is 2.13. The highest BCUT2D eigenvalue weighted by molar-refractivity contribution is 5.53. The van der Waals surface area contributed by atoms with Gasteiger partial charge in [-0.15, -0.1) is 0 Å². The van der Waals surface area contributed by atoms with Crippen molar-refractivity contribution < 1.29 is 13.9 Å². The lowest BCUT2D eigenvalue weighted by Gasteiger charge is -2.18. The molecular weight excluding hydrogens is 314 g/mol. The van der Waals surface area contributed by atoms with Crippen molar-refractivity contribution in [1.29, 1.82) is 0 Å². The Morgan fingerprint density at radius 3 is 2.88 bits per heavy atom. The summed E-state index contributed by atoms with van der Waals surface area (Å²) < 4.78 is 17.4. The van der Waals surface area contributed by atoms with Gasteiger partial charge >= 0.3 is 0 Å². The third-order valence-electron chi connectivity index (χ3n) is 4.41. The third kappa shape index (κ3) is 3.53. The second-order valence-corrected chi connectivity index (χ2v) is 6.21. The average molecular weight is 335 g/mol. The summed E-state index contributed by atoms with van der Waals surface area (Å²) >= 11 is 0. The zero-order chi connectivity index (χ0) is 17.1. The molecule has 1 aliphatic heterocycles. The van der Waals surface area contributed by atoms with Crippen LogP contribution in [-0.4, -0.2) is 18.2 Å². The first-order valence-corrected chi connectivity index (χ1v) is 8.70. The average Bonchev–Trinajstić information content (AvgIpc) is 3.03. The number of nitrogens with zero attached hydrogens (tertiary/aromatic N) is 1. The Morgan fingerprint density at radius 1 is 1.12 bits per heavy atom. The fourth-order valence-electron chi connectivity index (χ4n) is 3.04. The maximum absolute atomic E-state index is 5.88. The van der Waals surface area contributed by atoms with Gasteiger partial charge in [-0.3, -0.25) is 0 Å². The summed E-state index contributed by atoms with van der Waals surface area (Å²) in [6.07, 6.45) is 2.87. The highest BCUT2D eigenvalue weighted by atomic mass is 16.5. The van der Waals surface area contributed by atoms with Crippen LogP contribution in [0.15, 0.2) is 52.9 Å². The second kappa shape index (κ2) is 7.01. The summed E-state index contributed by atoms with van der Waals surface area (Å²) in [4.78, 5) is 4.61. The van der Waals surface area contributed by atoms with Crippen molar-refractivity contribution >= 4 is 0 Å². The van der Waals surface area contributed by atoms with E-state index in [0.29, 0.717) is 18.9 Å². The van der Waals surface area contributed by atoms with E-state index in [1.54, 1.807) is 0 Å². The largest absolute Gasteiger partial charge is 0.493 e.